The number of nitrogens with two attached hydrogens (primary N) is 1. The van der Waals surface area contributed by atoms with Crippen LogP contribution in [0.5, 0.6) is 0 Å². The fraction of sp³-hybridized carbons (Fsp3) is 0.409. The van der Waals surface area contributed by atoms with Crippen molar-refractivity contribution in [3.8, 4) is 0 Å². The van der Waals surface area contributed by atoms with Gasteiger partial charge in [-0.15, -0.1) is 11.3 Å². The van der Waals surface area contributed by atoms with Crippen LogP contribution in [0.15, 0.2) is 30.6 Å². The van der Waals surface area contributed by atoms with Gasteiger partial charge in [0.05, 0.1) is 5.69 Å². The Morgan fingerprint density at radius 3 is 2.90 bits per heavy atom. The Morgan fingerprint density at radius 2 is 2.13 bits per heavy atom. The van der Waals surface area contributed by atoms with Crippen molar-refractivity contribution in [3.63, 3.8) is 0 Å². The summed E-state index contributed by atoms with van der Waals surface area (Å²) in [5.74, 6) is -0.239. The number of nitrogens with zero attached hydrogens (tertiary/aromatic N) is 2. The SMILES string of the molecule is Nc1c(NC(=O)/C=C/c2cccnc2)sc2c1CCC(OC(=O)N1CCCCC1)C2. The summed E-state index contributed by atoms with van der Waals surface area (Å²) in [4.78, 5) is 31.6. The van der Waals surface area contributed by atoms with E-state index in [4.69, 9.17) is 10.5 Å². The molecule has 2 aromatic heterocycles. The maximum atomic E-state index is 12.4. The number of piperidine rings is 1. The Labute approximate surface area is 179 Å². The third kappa shape index (κ3) is 4.81. The fourth-order valence-corrected chi connectivity index (χ4v) is 5.10. The molecular formula is C22H26N4O3S. The molecular weight excluding hydrogens is 400 g/mol. The first kappa shape index (κ1) is 20.4. The van der Waals surface area contributed by atoms with E-state index < -0.39 is 0 Å². The molecule has 7 nitrogen and oxygen atoms in total. The van der Waals surface area contributed by atoms with E-state index in [9.17, 15) is 9.59 Å². The number of hydrogen-bond donors (Lipinski definition) is 2. The van der Waals surface area contributed by atoms with E-state index >= 15 is 0 Å². The van der Waals surface area contributed by atoms with E-state index in [-0.39, 0.29) is 18.1 Å². The average molecular weight is 427 g/mol. The molecule has 3 N–H and O–H groups in total. The summed E-state index contributed by atoms with van der Waals surface area (Å²) in [7, 11) is 0. The lowest BCUT2D eigenvalue weighted by molar-refractivity contribution is -0.111. The Kier molecular flexibility index (Phi) is 6.32. The number of carbonyl (C=O) groups excluding carboxylic acids is 2. The molecule has 1 aliphatic heterocycles. The van der Waals surface area contributed by atoms with E-state index in [0.717, 1.165) is 54.8 Å². The molecule has 30 heavy (non-hydrogen) atoms. The summed E-state index contributed by atoms with van der Waals surface area (Å²) < 4.78 is 5.75. The van der Waals surface area contributed by atoms with E-state index in [1.165, 1.54) is 23.8 Å². The molecule has 1 unspecified atom stereocenters. The lowest BCUT2D eigenvalue weighted by Gasteiger charge is -2.29. The number of nitrogens with one attached hydrogen (secondary N) is 1. The summed E-state index contributed by atoms with van der Waals surface area (Å²) in [5.41, 5.74) is 8.83. The zero-order chi connectivity index (χ0) is 20.9. The van der Waals surface area contributed by atoms with E-state index in [1.54, 1.807) is 18.5 Å². The van der Waals surface area contributed by atoms with Crippen LogP contribution in [0.1, 0.15) is 41.7 Å². The fourth-order valence-electron chi connectivity index (χ4n) is 3.87. The molecule has 2 aliphatic rings. The lowest BCUT2D eigenvalue weighted by Crippen LogP contribution is -2.39. The molecule has 4 rings (SSSR count). The first-order chi connectivity index (χ1) is 14.6. The minimum absolute atomic E-state index is 0.140. The number of rotatable bonds is 4. The summed E-state index contributed by atoms with van der Waals surface area (Å²) in [6.07, 6.45) is 11.6. The van der Waals surface area contributed by atoms with Gasteiger partial charge in [0.2, 0.25) is 5.91 Å². The highest BCUT2D eigenvalue weighted by Gasteiger charge is 2.29. The van der Waals surface area contributed by atoms with E-state index in [0.29, 0.717) is 17.1 Å². The molecule has 2 aromatic rings. The molecule has 158 valence electrons. The predicted molar refractivity (Wildman–Crippen MR) is 118 cm³/mol. The van der Waals surface area contributed by atoms with Gasteiger partial charge in [0, 0.05) is 42.9 Å². The van der Waals surface area contributed by atoms with Crippen molar-refractivity contribution in [1.29, 1.82) is 0 Å². The molecule has 1 aliphatic carbocycles. The lowest BCUT2D eigenvalue weighted by atomic mass is 9.95. The van der Waals surface area contributed by atoms with Crippen molar-refractivity contribution in [3.05, 3.63) is 46.6 Å². The van der Waals surface area contributed by atoms with Crippen molar-refractivity contribution in [2.75, 3.05) is 24.1 Å². The predicted octanol–water partition coefficient (Wildman–Crippen LogP) is 3.86. The number of likely N-dealkylation sites (tertiary alicyclic amines) is 1. The molecule has 0 aromatic carbocycles. The van der Waals surface area contributed by atoms with Gasteiger partial charge < -0.3 is 20.7 Å². The first-order valence-corrected chi connectivity index (χ1v) is 11.2. The van der Waals surface area contributed by atoms with Crippen LogP contribution in [-0.2, 0) is 22.4 Å². The molecule has 0 saturated carbocycles. The maximum Gasteiger partial charge on any atom is 0.410 e. The highest BCUT2D eigenvalue weighted by Crippen LogP contribution is 2.40. The average Bonchev–Trinajstić information content (AvgIpc) is 3.08. The van der Waals surface area contributed by atoms with Crippen molar-refractivity contribution < 1.29 is 14.3 Å². The van der Waals surface area contributed by atoms with Crippen LogP contribution in [-0.4, -0.2) is 41.1 Å². The number of nitrogen functional groups attached to an aromatic ring is 1. The van der Waals surface area contributed by atoms with Crippen LogP contribution in [0, 0.1) is 0 Å². The number of ether oxygens (including phenoxy) is 1. The molecule has 0 radical (unpaired) electrons. The highest BCUT2D eigenvalue weighted by molar-refractivity contribution is 7.17. The first-order valence-electron chi connectivity index (χ1n) is 10.3. The summed E-state index contributed by atoms with van der Waals surface area (Å²) >= 11 is 1.47. The number of carbonyl (C=O) groups is 2. The number of thiophene rings is 1. The van der Waals surface area contributed by atoms with Gasteiger partial charge in [-0.3, -0.25) is 9.78 Å². The van der Waals surface area contributed by atoms with Crippen LogP contribution in [0.25, 0.3) is 6.08 Å². The second kappa shape index (κ2) is 9.30. The largest absolute Gasteiger partial charge is 0.446 e. The van der Waals surface area contributed by atoms with Crippen LogP contribution < -0.4 is 11.1 Å². The summed E-state index contributed by atoms with van der Waals surface area (Å²) in [5, 5.41) is 3.53. The summed E-state index contributed by atoms with van der Waals surface area (Å²) in [6, 6.07) is 3.69. The summed E-state index contributed by atoms with van der Waals surface area (Å²) in [6.45, 7) is 1.57. The molecule has 0 bridgehead atoms. The van der Waals surface area contributed by atoms with Gasteiger partial charge in [-0.1, -0.05) is 6.07 Å². The third-order valence-electron chi connectivity index (χ3n) is 5.49. The monoisotopic (exact) mass is 426 g/mol. The molecule has 1 saturated heterocycles. The third-order valence-corrected chi connectivity index (χ3v) is 6.68. The second-order valence-corrected chi connectivity index (χ2v) is 8.76. The van der Waals surface area contributed by atoms with Crippen molar-refractivity contribution in [2.24, 2.45) is 0 Å². The number of fused-ring (bicyclic) bond motifs is 1. The van der Waals surface area contributed by atoms with Crippen molar-refractivity contribution in [1.82, 2.24) is 9.88 Å². The standard InChI is InChI=1S/C22H26N4O3S/c23-20-17-8-7-16(29-22(28)26-11-2-1-3-12-26)13-18(17)30-21(20)25-19(27)9-6-15-5-4-10-24-14-15/h4-6,9-10,14,16H,1-3,7-8,11-13,23H2,(H,25,27)/b9-6+. The zero-order valence-electron chi connectivity index (χ0n) is 16.8. The van der Waals surface area contributed by atoms with Crippen LogP contribution in [0.4, 0.5) is 15.5 Å². The zero-order valence-corrected chi connectivity index (χ0v) is 17.6. The number of amides is 2. The van der Waals surface area contributed by atoms with E-state index in [1.807, 2.05) is 17.0 Å². The number of pyridine rings is 1. The molecule has 2 amide bonds. The van der Waals surface area contributed by atoms with Crippen molar-refractivity contribution >= 4 is 40.1 Å². The normalized spacial score (nSPS) is 18.8. The van der Waals surface area contributed by atoms with Crippen LogP contribution >= 0.6 is 11.3 Å². The Bertz CT molecular complexity index is 935. The maximum absolute atomic E-state index is 12.4. The molecule has 0 spiro atoms. The van der Waals surface area contributed by atoms with Crippen LogP contribution in [0.2, 0.25) is 0 Å². The Balaban J connectivity index is 1.36. The quantitative estimate of drug-likeness (QED) is 0.724. The van der Waals surface area contributed by atoms with Gasteiger partial charge >= 0.3 is 6.09 Å². The molecule has 1 fully saturated rings. The van der Waals surface area contributed by atoms with Gasteiger partial charge in [0.1, 0.15) is 11.1 Å². The minimum atomic E-state index is -0.239. The highest BCUT2D eigenvalue weighted by atomic mass is 32.1. The Morgan fingerprint density at radius 1 is 1.30 bits per heavy atom. The minimum Gasteiger partial charge on any atom is -0.446 e. The topological polar surface area (TPSA) is 97.5 Å². The number of hydrogen-bond acceptors (Lipinski definition) is 6. The Hall–Kier alpha value is -2.87. The van der Waals surface area contributed by atoms with Gasteiger partial charge in [-0.25, -0.2) is 4.79 Å². The van der Waals surface area contributed by atoms with E-state index in [2.05, 4.69) is 10.3 Å². The molecule has 1 atom stereocenters. The van der Waals surface area contributed by atoms with Gasteiger partial charge in [-0.2, -0.15) is 0 Å². The van der Waals surface area contributed by atoms with Crippen LogP contribution in [0.3, 0.4) is 0 Å². The second-order valence-electron chi connectivity index (χ2n) is 7.65. The number of anilines is 2. The van der Waals surface area contributed by atoms with Gasteiger partial charge in [0.25, 0.3) is 0 Å². The number of aromatic nitrogens is 1. The molecule has 8 heteroatoms. The smallest absolute Gasteiger partial charge is 0.410 e. The molecule has 3 heterocycles. The van der Waals surface area contributed by atoms with Gasteiger partial charge in [-0.05, 0) is 55.4 Å². The van der Waals surface area contributed by atoms with Crippen molar-refractivity contribution in [2.45, 2.75) is 44.6 Å². The van der Waals surface area contributed by atoms with Gasteiger partial charge in [0.15, 0.2) is 0 Å².